The quantitative estimate of drug-likeness (QED) is 0.574. The molecule has 4 aliphatic rings. The third-order valence-electron chi connectivity index (χ3n) is 4.55. The summed E-state index contributed by atoms with van der Waals surface area (Å²) in [5.74, 6) is -0.147. The molecule has 4 rings (SSSR count). The van der Waals surface area contributed by atoms with E-state index in [9.17, 15) is 4.79 Å². The number of hydrogen-bond donors (Lipinski definition) is 0. The van der Waals surface area contributed by atoms with Crippen molar-refractivity contribution in [1.82, 2.24) is 4.90 Å². The Morgan fingerprint density at radius 3 is 3.31 bits per heavy atom. The number of hydrogen-bond acceptors (Lipinski definition) is 3. The van der Waals surface area contributed by atoms with Crippen molar-refractivity contribution >= 4 is 5.97 Å². The minimum absolute atomic E-state index is 0.147. The Kier molecular flexibility index (Phi) is 1.56. The lowest BCUT2D eigenvalue weighted by Gasteiger charge is -2.48. The second-order valence-corrected chi connectivity index (χ2v) is 5.38. The molecule has 3 heterocycles. The summed E-state index contributed by atoms with van der Waals surface area (Å²) in [5.41, 5.74) is 0.849. The molecule has 0 N–H and O–H groups in total. The molecule has 1 aliphatic carbocycles. The Balaban J connectivity index is 1.79. The van der Waals surface area contributed by atoms with Gasteiger partial charge in [-0.25, -0.2) is 4.79 Å². The van der Waals surface area contributed by atoms with Gasteiger partial charge in [-0.05, 0) is 19.4 Å². The van der Waals surface area contributed by atoms with Crippen molar-refractivity contribution < 1.29 is 9.53 Å². The van der Waals surface area contributed by atoms with Crippen LogP contribution in [0.2, 0.25) is 0 Å². The van der Waals surface area contributed by atoms with Gasteiger partial charge < -0.3 is 4.74 Å². The molecule has 2 fully saturated rings. The largest absolute Gasteiger partial charge is 0.451 e. The third kappa shape index (κ3) is 0.995. The molecule has 3 aliphatic heterocycles. The zero-order chi connectivity index (χ0) is 10.8. The topological polar surface area (TPSA) is 29.5 Å². The summed E-state index contributed by atoms with van der Waals surface area (Å²) in [7, 11) is 0. The van der Waals surface area contributed by atoms with Gasteiger partial charge in [-0.2, -0.15) is 0 Å². The molecule has 2 bridgehead atoms. The summed E-state index contributed by atoms with van der Waals surface area (Å²) in [4.78, 5) is 14.0. The lowest BCUT2D eigenvalue weighted by molar-refractivity contribution is -0.152. The lowest BCUT2D eigenvalue weighted by Crippen LogP contribution is -2.55. The number of nitrogens with zero attached hydrogens (tertiary/aromatic N) is 1. The van der Waals surface area contributed by atoms with Crippen molar-refractivity contribution in [3.05, 3.63) is 23.8 Å². The van der Waals surface area contributed by atoms with Gasteiger partial charge in [0.1, 0.15) is 5.60 Å². The minimum atomic E-state index is -0.262. The van der Waals surface area contributed by atoms with Gasteiger partial charge in [-0.3, -0.25) is 4.90 Å². The normalized spacial score (nSPS) is 45.0. The van der Waals surface area contributed by atoms with Crippen LogP contribution in [0, 0.1) is 0 Å². The van der Waals surface area contributed by atoms with E-state index in [2.05, 4.69) is 17.1 Å². The van der Waals surface area contributed by atoms with Crippen molar-refractivity contribution in [3.63, 3.8) is 0 Å². The highest BCUT2D eigenvalue weighted by molar-refractivity contribution is 5.88. The second kappa shape index (κ2) is 2.77. The van der Waals surface area contributed by atoms with Crippen molar-refractivity contribution in [2.75, 3.05) is 6.54 Å². The van der Waals surface area contributed by atoms with Crippen LogP contribution in [0.4, 0.5) is 0 Å². The average molecular weight is 217 g/mol. The number of fused-ring (bicyclic) bond motifs is 3. The molecule has 84 valence electrons. The van der Waals surface area contributed by atoms with Crippen molar-refractivity contribution in [3.8, 4) is 0 Å². The smallest absolute Gasteiger partial charge is 0.332 e. The standard InChI is InChI=1S/C13H15NO2/c15-12-6-9-3-4-11-8-13(9,16-12)7-10-2-1-5-14(10)11/h3-4,6,10-11H,1-2,5,7-8H2/t10-,11-,13+/m1/s1. The number of carbonyl (C=O) groups is 1. The maximum atomic E-state index is 11.5. The molecule has 3 atom stereocenters. The Bertz CT molecular complexity index is 426. The van der Waals surface area contributed by atoms with Gasteiger partial charge >= 0.3 is 5.97 Å². The lowest BCUT2D eigenvalue weighted by atomic mass is 9.74. The van der Waals surface area contributed by atoms with E-state index < -0.39 is 0 Å². The maximum absolute atomic E-state index is 11.5. The number of piperidine rings is 1. The van der Waals surface area contributed by atoms with E-state index in [1.807, 2.05) is 0 Å². The summed E-state index contributed by atoms with van der Waals surface area (Å²) < 4.78 is 5.62. The Labute approximate surface area is 94.8 Å². The molecular formula is C13H15NO2. The van der Waals surface area contributed by atoms with Gasteiger partial charge in [0.15, 0.2) is 0 Å². The first-order valence-corrected chi connectivity index (χ1v) is 6.16. The Morgan fingerprint density at radius 1 is 1.44 bits per heavy atom. The van der Waals surface area contributed by atoms with Crippen LogP contribution in [0.1, 0.15) is 25.7 Å². The fourth-order valence-electron chi connectivity index (χ4n) is 3.88. The molecule has 0 aromatic heterocycles. The fraction of sp³-hybridized carbons (Fsp3) is 0.615. The number of carbonyl (C=O) groups excluding carboxylic acids is 1. The summed E-state index contributed by atoms with van der Waals surface area (Å²) >= 11 is 0. The van der Waals surface area contributed by atoms with E-state index >= 15 is 0 Å². The van der Waals surface area contributed by atoms with Gasteiger partial charge in [0.2, 0.25) is 0 Å². The Hall–Kier alpha value is -1.09. The van der Waals surface area contributed by atoms with E-state index in [4.69, 9.17) is 4.74 Å². The summed E-state index contributed by atoms with van der Waals surface area (Å²) in [5, 5.41) is 0. The molecule has 3 nitrogen and oxygen atoms in total. The van der Waals surface area contributed by atoms with Gasteiger partial charge in [0.25, 0.3) is 0 Å². The van der Waals surface area contributed by atoms with Crippen LogP contribution in [0.5, 0.6) is 0 Å². The first-order valence-electron chi connectivity index (χ1n) is 6.16. The molecule has 0 unspecified atom stereocenters. The van der Waals surface area contributed by atoms with Gasteiger partial charge in [-0.1, -0.05) is 12.2 Å². The van der Waals surface area contributed by atoms with Crippen LogP contribution in [0.25, 0.3) is 0 Å². The maximum Gasteiger partial charge on any atom is 0.332 e. The number of ether oxygens (including phenoxy) is 1. The van der Waals surface area contributed by atoms with Gasteiger partial charge in [0.05, 0.1) is 0 Å². The highest BCUT2D eigenvalue weighted by Gasteiger charge is 2.53. The number of esters is 1. The molecule has 0 saturated carbocycles. The molecular weight excluding hydrogens is 202 g/mol. The third-order valence-corrected chi connectivity index (χ3v) is 4.55. The molecule has 0 aromatic rings. The van der Waals surface area contributed by atoms with Crippen LogP contribution >= 0.6 is 0 Å². The van der Waals surface area contributed by atoms with E-state index in [0.29, 0.717) is 12.1 Å². The summed E-state index contributed by atoms with van der Waals surface area (Å²) in [6.07, 6.45) is 10.6. The zero-order valence-corrected chi connectivity index (χ0v) is 9.19. The second-order valence-electron chi connectivity index (χ2n) is 5.38. The molecule has 0 amide bonds. The number of rotatable bonds is 0. The summed E-state index contributed by atoms with van der Waals surface area (Å²) in [6.45, 7) is 1.21. The van der Waals surface area contributed by atoms with Crippen LogP contribution in [0.15, 0.2) is 23.8 Å². The van der Waals surface area contributed by atoms with E-state index in [1.54, 1.807) is 6.08 Å². The zero-order valence-electron chi connectivity index (χ0n) is 9.19. The SMILES string of the molecule is O=C1C=C2C=C[C@@H]3C[C@]2(C[C@H]2CCCN23)O1. The minimum Gasteiger partial charge on any atom is -0.451 e. The van der Waals surface area contributed by atoms with E-state index in [0.717, 1.165) is 18.4 Å². The van der Waals surface area contributed by atoms with Crippen LogP contribution in [-0.2, 0) is 9.53 Å². The van der Waals surface area contributed by atoms with E-state index in [1.165, 1.54) is 19.4 Å². The predicted octanol–water partition coefficient (Wildman–Crippen LogP) is 1.41. The van der Waals surface area contributed by atoms with Crippen LogP contribution in [0.3, 0.4) is 0 Å². The molecule has 2 saturated heterocycles. The van der Waals surface area contributed by atoms with Gasteiger partial charge in [-0.15, -0.1) is 0 Å². The van der Waals surface area contributed by atoms with Crippen molar-refractivity contribution in [2.24, 2.45) is 0 Å². The fourth-order valence-corrected chi connectivity index (χ4v) is 3.88. The van der Waals surface area contributed by atoms with Crippen molar-refractivity contribution in [2.45, 2.75) is 43.4 Å². The Morgan fingerprint density at radius 2 is 2.38 bits per heavy atom. The monoisotopic (exact) mass is 217 g/mol. The van der Waals surface area contributed by atoms with E-state index in [-0.39, 0.29) is 11.6 Å². The highest BCUT2D eigenvalue weighted by atomic mass is 16.6. The average Bonchev–Trinajstić information content (AvgIpc) is 2.80. The van der Waals surface area contributed by atoms with Crippen molar-refractivity contribution in [1.29, 1.82) is 0 Å². The van der Waals surface area contributed by atoms with Crippen LogP contribution in [-0.4, -0.2) is 35.1 Å². The molecule has 0 radical (unpaired) electrons. The summed E-state index contributed by atoms with van der Waals surface area (Å²) in [6, 6.07) is 1.11. The van der Waals surface area contributed by atoms with Crippen LogP contribution < -0.4 is 0 Å². The molecule has 3 heteroatoms. The highest BCUT2D eigenvalue weighted by Crippen LogP contribution is 2.48. The molecule has 0 aromatic carbocycles. The molecule has 1 spiro atoms. The molecule has 16 heavy (non-hydrogen) atoms. The first kappa shape index (κ1) is 8.99. The van der Waals surface area contributed by atoms with Gasteiger partial charge in [0, 0.05) is 36.6 Å². The first-order chi connectivity index (χ1) is 7.77. The predicted molar refractivity (Wildman–Crippen MR) is 58.8 cm³/mol.